The summed E-state index contributed by atoms with van der Waals surface area (Å²) < 4.78 is 0. The number of nitrogen functional groups attached to an aromatic ring is 1. The van der Waals surface area contributed by atoms with E-state index in [0.717, 1.165) is 29.1 Å². The van der Waals surface area contributed by atoms with Crippen molar-refractivity contribution in [3.8, 4) is 0 Å². The molecule has 0 saturated carbocycles. The minimum Gasteiger partial charge on any atom is -0.369 e. The molecule has 0 amide bonds. The van der Waals surface area contributed by atoms with E-state index in [9.17, 15) is 0 Å². The average molecular weight is 294 g/mol. The van der Waals surface area contributed by atoms with E-state index in [-0.39, 0.29) is 5.41 Å². The highest BCUT2D eigenvalue weighted by Crippen LogP contribution is 2.27. The zero-order valence-electron chi connectivity index (χ0n) is 12.4. The summed E-state index contributed by atoms with van der Waals surface area (Å²) in [5.74, 6) is 6.69. The molecule has 110 valence electrons. The summed E-state index contributed by atoms with van der Waals surface area (Å²) in [6.07, 6.45) is 0. The first-order valence-electron chi connectivity index (χ1n) is 6.52. The van der Waals surface area contributed by atoms with Gasteiger partial charge in [0.25, 0.3) is 0 Å². The molecule has 2 aromatic heterocycles. The first-order chi connectivity index (χ1) is 9.41. The van der Waals surface area contributed by atoms with Crippen molar-refractivity contribution in [3.63, 3.8) is 0 Å². The number of rotatable bonds is 6. The number of nitrogens with one attached hydrogen (secondary N) is 2. The van der Waals surface area contributed by atoms with Gasteiger partial charge in [-0.3, -0.25) is 5.43 Å². The minimum atomic E-state index is 0.146. The molecular formula is C13H22N6S. The fourth-order valence-electron chi connectivity index (χ4n) is 2.29. The van der Waals surface area contributed by atoms with Crippen molar-refractivity contribution >= 4 is 33.3 Å². The van der Waals surface area contributed by atoms with Crippen molar-refractivity contribution in [3.05, 3.63) is 11.4 Å². The number of anilines is 2. The summed E-state index contributed by atoms with van der Waals surface area (Å²) in [4.78, 5) is 11.9. The van der Waals surface area contributed by atoms with Crippen molar-refractivity contribution in [2.45, 2.75) is 13.8 Å². The van der Waals surface area contributed by atoms with Crippen LogP contribution in [0.5, 0.6) is 0 Å². The number of fused-ring (bicyclic) bond motifs is 1. The summed E-state index contributed by atoms with van der Waals surface area (Å²) in [5.41, 5.74) is 2.66. The SMILES string of the molecule is CN(C)CC(C)(C)CNc1nc(NN)nc2sccc12. The van der Waals surface area contributed by atoms with Gasteiger partial charge in [0.15, 0.2) is 0 Å². The van der Waals surface area contributed by atoms with Crippen molar-refractivity contribution < 1.29 is 0 Å². The third-order valence-electron chi connectivity index (χ3n) is 2.93. The lowest BCUT2D eigenvalue weighted by Gasteiger charge is -2.28. The highest BCUT2D eigenvalue weighted by molar-refractivity contribution is 7.16. The van der Waals surface area contributed by atoms with E-state index in [1.165, 1.54) is 0 Å². The molecule has 4 N–H and O–H groups in total. The Morgan fingerprint density at radius 3 is 2.75 bits per heavy atom. The lowest BCUT2D eigenvalue weighted by atomic mass is 9.93. The van der Waals surface area contributed by atoms with Gasteiger partial charge in [-0.15, -0.1) is 11.3 Å². The zero-order valence-corrected chi connectivity index (χ0v) is 13.2. The Bertz CT molecular complexity index is 577. The summed E-state index contributed by atoms with van der Waals surface area (Å²) in [6, 6.07) is 2.03. The molecule has 2 aromatic rings. The molecule has 20 heavy (non-hydrogen) atoms. The van der Waals surface area contributed by atoms with E-state index in [1.54, 1.807) is 11.3 Å². The maximum Gasteiger partial charge on any atom is 0.240 e. The van der Waals surface area contributed by atoms with Crippen LogP contribution in [-0.4, -0.2) is 42.1 Å². The first kappa shape index (κ1) is 15.0. The Kier molecular flexibility index (Phi) is 4.42. The number of hydrazine groups is 1. The van der Waals surface area contributed by atoms with Crippen LogP contribution in [0.4, 0.5) is 11.8 Å². The second-order valence-corrected chi connectivity index (χ2v) is 6.83. The lowest BCUT2D eigenvalue weighted by molar-refractivity contribution is 0.254. The quantitative estimate of drug-likeness (QED) is 0.558. The third-order valence-corrected chi connectivity index (χ3v) is 3.74. The largest absolute Gasteiger partial charge is 0.369 e. The van der Waals surface area contributed by atoms with Gasteiger partial charge in [0.1, 0.15) is 10.6 Å². The molecule has 6 nitrogen and oxygen atoms in total. The van der Waals surface area contributed by atoms with Gasteiger partial charge >= 0.3 is 0 Å². The van der Waals surface area contributed by atoms with Crippen LogP contribution in [0.25, 0.3) is 10.2 Å². The van der Waals surface area contributed by atoms with Crippen LogP contribution in [0.1, 0.15) is 13.8 Å². The second-order valence-electron chi connectivity index (χ2n) is 5.94. The molecule has 0 atom stereocenters. The number of hydrogen-bond donors (Lipinski definition) is 3. The molecule has 0 fully saturated rings. The molecule has 0 unspecified atom stereocenters. The molecular weight excluding hydrogens is 272 g/mol. The fourth-order valence-corrected chi connectivity index (χ4v) is 3.05. The summed E-state index contributed by atoms with van der Waals surface area (Å²) >= 11 is 1.58. The molecule has 0 bridgehead atoms. The van der Waals surface area contributed by atoms with Crippen molar-refractivity contribution in [1.29, 1.82) is 0 Å². The van der Waals surface area contributed by atoms with E-state index >= 15 is 0 Å². The maximum absolute atomic E-state index is 5.42. The van der Waals surface area contributed by atoms with E-state index in [4.69, 9.17) is 5.84 Å². The van der Waals surface area contributed by atoms with Crippen LogP contribution in [0.15, 0.2) is 11.4 Å². The Labute approximate surface area is 123 Å². The van der Waals surface area contributed by atoms with Crippen LogP contribution in [-0.2, 0) is 0 Å². The molecule has 0 aliphatic carbocycles. The highest BCUT2D eigenvalue weighted by atomic mass is 32.1. The topological polar surface area (TPSA) is 79.1 Å². The van der Waals surface area contributed by atoms with Crippen LogP contribution in [0, 0.1) is 5.41 Å². The van der Waals surface area contributed by atoms with Gasteiger partial charge < -0.3 is 10.2 Å². The molecule has 7 heteroatoms. The first-order valence-corrected chi connectivity index (χ1v) is 7.40. The molecule has 0 aliphatic heterocycles. The third kappa shape index (κ3) is 3.56. The van der Waals surface area contributed by atoms with E-state index in [1.807, 2.05) is 11.4 Å². The van der Waals surface area contributed by atoms with Crippen LogP contribution in [0.2, 0.25) is 0 Å². The Balaban J connectivity index is 2.18. The molecule has 0 spiro atoms. The van der Waals surface area contributed by atoms with E-state index in [0.29, 0.717) is 5.95 Å². The predicted molar refractivity (Wildman–Crippen MR) is 86.0 cm³/mol. The minimum absolute atomic E-state index is 0.146. The predicted octanol–water partition coefficient (Wildman–Crippen LogP) is 1.98. The van der Waals surface area contributed by atoms with Crippen molar-refractivity contribution in [2.24, 2.45) is 11.3 Å². The van der Waals surface area contributed by atoms with Gasteiger partial charge in [-0.2, -0.15) is 4.98 Å². The van der Waals surface area contributed by atoms with Crippen LogP contribution >= 0.6 is 11.3 Å². The smallest absolute Gasteiger partial charge is 0.240 e. The normalized spacial score (nSPS) is 12.1. The Morgan fingerprint density at radius 1 is 1.35 bits per heavy atom. The highest BCUT2D eigenvalue weighted by Gasteiger charge is 2.19. The number of hydrogen-bond acceptors (Lipinski definition) is 7. The van der Waals surface area contributed by atoms with Crippen LogP contribution in [0.3, 0.4) is 0 Å². The Hall–Kier alpha value is -1.44. The van der Waals surface area contributed by atoms with Crippen LogP contribution < -0.4 is 16.6 Å². The van der Waals surface area contributed by atoms with Crippen molar-refractivity contribution in [1.82, 2.24) is 14.9 Å². The van der Waals surface area contributed by atoms with E-state index in [2.05, 4.69) is 53.6 Å². The number of nitrogens with two attached hydrogens (primary N) is 1. The Morgan fingerprint density at radius 2 is 2.10 bits per heavy atom. The van der Waals surface area contributed by atoms with Gasteiger partial charge in [0, 0.05) is 13.1 Å². The number of nitrogens with zero attached hydrogens (tertiary/aromatic N) is 3. The molecule has 0 aromatic carbocycles. The van der Waals surface area contributed by atoms with Gasteiger partial charge in [-0.05, 0) is 31.0 Å². The molecule has 0 radical (unpaired) electrons. The van der Waals surface area contributed by atoms with Gasteiger partial charge in [-0.25, -0.2) is 10.8 Å². The number of aromatic nitrogens is 2. The summed E-state index contributed by atoms with van der Waals surface area (Å²) in [6.45, 7) is 6.29. The van der Waals surface area contributed by atoms with Gasteiger partial charge in [-0.1, -0.05) is 13.8 Å². The molecule has 2 heterocycles. The monoisotopic (exact) mass is 294 g/mol. The lowest BCUT2D eigenvalue weighted by Crippen LogP contribution is -2.34. The standard InChI is InChI=1S/C13H22N6S/c1-13(2,8-19(3)4)7-15-10-9-5-6-20-11(9)17-12(16-10)18-14/h5-6H,7-8,14H2,1-4H3,(H2,15,16,17,18). The van der Waals surface area contributed by atoms with E-state index < -0.39 is 0 Å². The number of thiophene rings is 1. The van der Waals surface area contributed by atoms with Gasteiger partial charge in [0.05, 0.1) is 5.39 Å². The molecule has 2 rings (SSSR count). The molecule has 0 saturated heterocycles. The fraction of sp³-hybridized carbons (Fsp3) is 0.538. The average Bonchev–Trinajstić information content (AvgIpc) is 2.82. The van der Waals surface area contributed by atoms with Gasteiger partial charge in [0.2, 0.25) is 5.95 Å². The maximum atomic E-state index is 5.42. The molecule has 0 aliphatic rings. The van der Waals surface area contributed by atoms with Crippen molar-refractivity contribution in [2.75, 3.05) is 37.9 Å². The second kappa shape index (κ2) is 5.90. The summed E-state index contributed by atoms with van der Waals surface area (Å²) in [5, 5.41) is 6.47. The summed E-state index contributed by atoms with van der Waals surface area (Å²) in [7, 11) is 4.17. The zero-order chi connectivity index (χ0) is 14.8.